The fourth-order valence-electron chi connectivity index (χ4n) is 2.99. The van der Waals surface area contributed by atoms with Gasteiger partial charge in [-0.1, -0.05) is 6.92 Å². The maximum Gasteiger partial charge on any atom is 0.234 e. The number of piperidine rings is 1. The van der Waals surface area contributed by atoms with Gasteiger partial charge in [-0.3, -0.25) is 9.69 Å². The van der Waals surface area contributed by atoms with Gasteiger partial charge < -0.3 is 15.8 Å². The van der Waals surface area contributed by atoms with Gasteiger partial charge in [-0.15, -0.1) is 0 Å². The second kappa shape index (κ2) is 7.22. The quantitative estimate of drug-likeness (QED) is 0.765. The molecule has 2 atom stereocenters. The molecule has 0 bridgehead atoms. The van der Waals surface area contributed by atoms with Crippen molar-refractivity contribution in [3.05, 3.63) is 0 Å². The smallest absolute Gasteiger partial charge is 0.234 e. The van der Waals surface area contributed by atoms with Crippen LogP contribution >= 0.6 is 0 Å². The van der Waals surface area contributed by atoms with Crippen LogP contribution in [0.3, 0.4) is 0 Å². The molecular formula is C14H27N3O2. The van der Waals surface area contributed by atoms with E-state index < -0.39 is 0 Å². The highest BCUT2D eigenvalue weighted by Gasteiger charge is 2.26. The number of carbonyl (C=O) groups excluding carboxylic acids is 1. The van der Waals surface area contributed by atoms with Gasteiger partial charge in [-0.2, -0.15) is 0 Å². The van der Waals surface area contributed by atoms with Gasteiger partial charge in [0.15, 0.2) is 0 Å². The molecule has 2 unspecified atom stereocenters. The van der Waals surface area contributed by atoms with Crippen molar-refractivity contribution < 1.29 is 9.53 Å². The van der Waals surface area contributed by atoms with Gasteiger partial charge in [0.25, 0.3) is 0 Å². The summed E-state index contributed by atoms with van der Waals surface area (Å²) in [5.41, 5.74) is 5.79. The van der Waals surface area contributed by atoms with Crippen molar-refractivity contribution in [2.75, 3.05) is 39.4 Å². The Labute approximate surface area is 115 Å². The van der Waals surface area contributed by atoms with Crippen molar-refractivity contribution in [1.82, 2.24) is 10.2 Å². The van der Waals surface area contributed by atoms with E-state index in [1.54, 1.807) is 0 Å². The minimum atomic E-state index is 0.150. The molecule has 0 saturated carbocycles. The molecule has 2 rings (SSSR count). The van der Waals surface area contributed by atoms with E-state index in [0.29, 0.717) is 24.4 Å². The van der Waals surface area contributed by atoms with Crippen LogP contribution in [0.25, 0.3) is 0 Å². The van der Waals surface area contributed by atoms with Crippen molar-refractivity contribution in [3.8, 4) is 0 Å². The first-order valence-corrected chi connectivity index (χ1v) is 7.48. The van der Waals surface area contributed by atoms with E-state index in [2.05, 4.69) is 17.1 Å². The molecule has 2 aliphatic rings. The minimum Gasteiger partial charge on any atom is -0.381 e. The van der Waals surface area contributed by atoms with Gasteiger partial charge in [0.2, 0.25) is 5.91 Å². The van der Waals surface area contributed by atoms with Crippen molar-refractivity contribution in [2.24, 2.45) is 17.6 Å². The van der Waals surface area contributed by atoms with Gasteiger partial charge in [-0.25, -0.2) is 0 Å². The molecule has 2 heterocycles. The molecule has 5 nitrogen and oxygen atoms in total. The number of hydrogen-bond donors (Lipinski definition) is 2. The first-order chi connectivity index (χ1) is 9.19. The molecule has 2 aliphatic heterocycles. The summed E-state index contributed by atoms with van der Waals surface area (Å²) in [5.74, 6) is 1.36. The lowest BCUT2D eigenvalue weighted by atomic mass is 9.87. The Bertz CT molecular complexity index is 292. The summed E-state index contributed by atoms with van der Waals surface area (Å²) in [5, 5.41) is 3.12. The minimum absolute atomic E-state index is 0.150. The van der Waals surface area contributed by atoms with Crippen molar-refractivity contribution >= 4 is 5.91 Å². The van der Waals surface area contributed by atoms with Crippen LogP contribution in [0.5, 0.6) is 0 Å². The van der Waals surface area contributed by atoms with Crippen LogP contribution in [-0.4, -0.2) is 56.2 Å². The molecule has 2 fully saturated rings. The van der Waals surface area contributed by atoms with Crippen molar-refractivity contribution in [2.45, 2.75) is 32.2 Å². The maximum atomic E-state index is 12.0. The predicted molar refractivity (Wildman–Crippen MR) is 74.7 cm³/mol. The Morgan fingerprint density at radius 2 is 2.11 bits per heavy atom. The van der Waals surface area contributed by atoms with E-state index in [0.717, 1.165) is 52.1 Å². The van der Waals surface area contributed by atoms with Crippen molar-refractivity contribution in [3.63, 3.8) is 0 Å². The fourth-order valence-corrected chi connectivity index (χ4v) is 2.99. The maximum absolute atomic E-state index is 12.0. The first-order valence-electron chi connectivity index (χ1n) is 7.48. The van der Waals surface area contributed by atoms with Crippen LogP contribution < -0.4 is 11.1 Å². The summed E-state index contributed by atoms with van der Waals surface area (Å²) in [6.45, 7) is 7.00. The lowest BCUT2D eigenvalue weighted by Gasteiger charge is -2.36. The molecule has 0 aromatic carbocycles. The monoisotopic (exact) mass is 269 g/mol. The van der Waals surface area contributed by atoms with Crippen LogP contribution in [0.15, 0.2) is 0 Å². The SMILES string of the molecule is CC1CCN(CC(=O)NC2CCOCC2)CC1CN. The van der Waals surface area contributed by atoms with E-state index >= 15 is 0 Å². The Balaban J connectivity index is 1.72. The normalized spacial score (nSPS) is 30.2. The third-order valence-corrected chi connectivity index (χ3v) is 4.45. The Hall–Kier alpha value is -0.650. The largest absolute Gasteiger partial charge is 0.381 e. The summed E-state index contributed by atoms with van der Waals surface area (Å²) in [7, 11) is 0. The molecule has 0 aromatic heterocycles. The summed E-state index contributed by atoms with van der Waals surface area (Å²) in [6, 6.07) is 0.301. The molecule has 1 amide bonds. The van der Waals surface area contributed by atoms with Crippen LogP contribution in [-0.2, 0) is 9.53 Å². The molecule has 5 heteroatoms. The summed E-state index contributed by atoms with van der Waals surface area (Å²) >= 11 is 0. The van der Waals surface area contributed by atoms with Gasteiger partial charge in [0.1, 0.15) is 0 Å². The number of amides is 1. The highest BCUT2D eigenvalue weighted by molar-refractivity contribution is 5.78. The van der Waals surface area contributed by atoms with Gasteiger partial charge >= 0.3 is 0 Å². The molecule has 0 radical (unpaired) electrons. The molecule has 0 spiro atoms. The van der Waals surface area contributed by atoms with Crippen LogP contribution in [0, 0.1) is 11.8 Å². The lowest BCUT2D eigenvalue weighted by Crippen LogP contribution is -2.49. The Morgan fingerprint density at radius 1 is 1.37 bits per heavy atom. The standard InChI is InChI=1S/C14H27N3O2/c1-11-2-5-17(9-12(11)8-15)10-14(18)16-13-3-6-19-7-4-13/h11-13H,2-10,15H2,1H3,(H,16,18). The molecular weight excluding hydrogens is 242 g/mol. The zero-order valence-electron chi connectivity index (χ0n) is 11.9. The molecule has 2 saturated heterocycles. The third kappa shape index (κ3) is 4.44. The van der Waals surface area contributed by atoms with Gasteiger partial charge in [0, 0.05) is 25.8 Å². The topological polar surface area (TPSA) is 67.6 Å². The highest BCUT2D eigenvalue weighted by Crippen LogP contribution is 2.21. The summed E-state index contributed by atoms with van der Waals surface area (Å²) in [6.07, 6.45) is 3.02. The third-order valence-electron chi connectivity index (χ3n) is 4.45. The number of nitrogens with one attached hydrogen (secondary N) is 1. The molecule has 0 aliphatic carbocycles. The second-order valence-corrected chi connectivity index (χ2v) is 5.95. The van der Waals surface area contributed by atoms with E-state index in [1.165, 1.54) is 0 Å². The number of carbonyl (C=O) groups is 1. The fraction of sp³-hybridized carbons (Fsp3) is 0.929. The Kier molecular flexibility index (Phi) is 5.60. The number of ether oxygens (including phenoxy) is 1. The molecule has 19 heavy (non-hydrogen) atoms. The zero-order valence-corrected chi connectivity index (χ0v) is 11.9. The van der Waals surface area contributed by atoms with Gasteiger partial charge in [-0.05, 0) is 44.2 Å². The van der Waals surface area contributed by atoms with E-state index in [4.69, 9.17) is 10.5 Å². The second-order valence-electron chi connectivity index (χ2n) is 5.95. The Morgan fingerprint density at radius 3 is 2.79 bits per heavy atom. The molecule has 110 valence electrons. The predicted octanol–water partition coefficient (Wildman–Crippen LogP) is 0.198. The van der Waals surface area contributed by atoms with E-state index in [-0.39, 0.29) is 5.91 Å². The molecule has 0 aromatic rings. The number of rotatable bonds is 4. The average molecular weight is 269 g/mol. The summed E-state index contributed by atoms with van der Waals surface area (Å²) < 4.78 is 5.30. The van der Waals surface area contributed by atoms with Crippen LogP contribution in [0.1, 0.15) is 26.2 Å². The molecule has 3 N–H and O–H groups in total. The summed E-state index contributed by atoms with van der Waals surface area (Å²) in [4.78, 5) is 14.3. The zero-order chi connectivity index (χ0) is 13.7. The van der Waals surface area contributed by atoms with Crippen molar-refractivity contribution in [1.29, 1.82) is 0 Å². The number of likely N-dealkylation sites (tertiary alicyclic amines) is 1. The number of nitrogens with zero attached hydrogens (tertiary/aromatic N) is 1. The van der Waals surface area contributed by atoms with E-state index in [9.17, 15) is 4.79 Å². The lowest BCUT2D eigenvalue weighted by molar-refractivity contribution is -0.124. The van der Waals surface area contributed by atoms with Crippen LogP contribution in [0.2, 0.25) is 0 Å². The highest BCUT2D eigenvalue weighted by atomic mass is 16.5. The average Bonchev–Trinajstić information content (AvgIpc) is 2.42. The first kappa shape index (κ1) is 14.8. The van der Waals surface area contributed by atoms with Crippen LogP contribution in [0.4, 0.5) is 0 Å². The number of nitrogens with two attached hydrogens (primary N) is 1. The van der Waals surface area contributed by atoms with E-state index in [1.807, 2.05) is 0 Å². The number of hydrogen-bond acceptors (Lipinski definition) is 4. The van der Waals surface area contributed by atoms with Gasteiger partial charge in [0.05, 0.1) is 6.54 Å².